The first-order chi connectivity index (χ1) is 10.3. The molecule has 3 aromatic rings. The minimum atomic E-state index is 0.911. The van der Waals surface area contributed by atoms with E-state index in [4.69, 9.17) is 0 Å². The number of aromatic nitrogens is 2. The number of para-hydroxylation sites is 2. The van der Waals surface area contributed by atoms with E-state index in [0.29, 0.717) is 0 Å². The average Bonchev–Trinajstić information content (AvgIpc) is 2.53. The van der Waals surface area contributed by atoms with E-state index in [9.17, 15) is 0 Å². The van der Waals surface area contributed by atoms with Gasteiger partial charge in [0.15, 0.2) is 0 Å². The van der Waals surface area contributed by atoms with Gasteiger partial charge in [-0.1, -0.05) is 36.4 Å². The van der Waals surface area contributed by atoms with Crippen molar-refractivity contribution in [2.45, 2.75) is 11.9 Å². The average molecular weight is 295 g/mol. The number of rotatable bonds is 5. The van der Waals surface area contributed by atoms with Gasteiger partial charge in [-0.05, 0) is 24.6 Å². The molecule has 0 atom stereocenters. The predicted octanol–water partition coefficient (Wildman–Crippen LogP) is 4.14. The molecule has 21 heavy (non-hydrogen) atoms. The zero-order valence-corrected chi connectivity index (χ0v) is 12.7. The van der Waals surface area contributed by atoms with Crippen LogP contribution in [0.2, 0.25) is 0 Å². The molecule has 0 aliphatic carbocycles. The molecule has 0 saturated carbocycles. The number of benzene rings is 2. The predicted molar refractivity (Wildman–Crippen MR) is 89.9 cm³/mol. The van der Waals surface area contributed by atoms with E-state index >= 15 is 0 Å². The van der Waals surface area contributed by atoms with Gasteiger partial charge in [-0.3, -0.25) is 0 Å². The van der Waals surface area contributed by atoms with Crippen molar-refractivity contribution < 1.29 is 0 Å². The van der Waals surface area contributed by atoms with E-state index in [-0.39, 0.29) is 0 Å². The van der Waals surface area contributed by atoms with Crippen LogP contribution in [0.3, 0.4) is 0 Å². The van der Waals surface area contributed by atoms with Crippen LogP contribution in [0.1, 0.15) is 5.56 Å². The molecule has 0 aliphatic rings. The normalized spacial score (nSPS) is 10.7. The molecule has 3 rings (SSSR count). The van der Waals surface area contributed by atoms with Crippen LogP contribution in [0.4, 0.5) is 5.69 Å². The Bertz CT molecular complexity index is 737. The molecule has 0 radical (unpaired) electrons. The number of anilines is 1. The lowest BCUT2D eigenvalue weighted by atomic mass is 10.2. The largest absolute Gasteiger partial charge is 0.384 e. The highest BCUT2D eigenvalue weighted by atomic mass is 32.2. The fraction of sp³-hybridized carbons (Fsp3) is 0.176. The maximum atomic E-state index is 4.39. The fourth-order valence-corrected chi connectivity index (χ4v) is 3.05. The first-order valence-corrected chi connectivity index (χ1v) is 7.95. The summed E-state index contributed by atoms with van der Waals surface area (Å²) in [7, 11) is 0. The van der Waals surface area contributed by atoms with E-state index in [1.807, 2.05) is 18.2 Å². The van der Waals surface area contributed by atoms with Crippen LogP contribution in [0.5, 0.6) is 0 Å². The number of aryl methyl sites for hydroxylation is 1. The van der Waals surface area contributed by atoms with Gasteiger partial charge in [-0.15, -0.1) is 11.8 Å². The first kappa shape index (κ1) is 13.9. The Balaban J connectivity index is 1.61. The van der Waals surface area contributed by atoms with Crippen molar-refractivity contribution in [1.82, 2.24) is 9.97 Å². The second-order valence-corrected chi connectivity index (χ2v) is 5.87. The summed E-state index contributed by atoms with van der Waals surface area (Å²) in [5, 5.41) is 5.64. The molecular formula is C17H17N3S. The van der Waals surface area contributed by atoms with Gasteiger partial charge in [-0.2, -0.15) is 0 Å². The standard InChI is InChI=1S/C17H17N3S/c1-13-6-2-4-8-15(13)18-10-11-21-17-14-7-3-5-9-16(14)19-12-20-17/h2-9,12,18H,10-11H2,1H3. The van der Waals surface area contributed by atoms with Crippen molar-refractivity contribution in [3.63, 3.8) is 0 Å². The third-order valence-corrected chi connectivity index (χ3v) is 4.31. The summed E-state index contributed by atoms with van der Waals surface area (Å²) < 4.78 is 0. The van der Waals surface area contributed by atoms with Crippen molar-refractivity contribution in [2.24, 2.45) is 0 Å². The summed E-state index contributed by atoms with van der Waals surface area (Å²) in [5.74, 6) is 0.968. The molecule has 0 fully saturated rings. The molecule has 106 valence electrons. The molecule has 1 N–H and O–H groups in total. The second-order valence-electron chi connectivity index (χ2n) is 4.79. The van der Waals surface area contributed by atoms with Gasteiger partial charge in [0, 0.05) is 23.4 Å². The first-order valence-electron chi connectivity index (χ1n) is 6.96. The molecule has 0 amide bonds. The van der Waals surface area contributed by atoms with Crippen molar-refractivity contribution in [1.29, 1.82) is 0 Å². The van der Waals surface area contributed by atoms with Crippen LogP contribution in [0.25, 0.3) is 10.9 Å². The fourth-order valence-electron chi connectivity index (χ4n) is 2.20. The highest BCUT2D eigenvalue weighted by Gasteiger charge is 2.03. The van der Waals surface area contributed by atoms with Crippen LogP contribution in [-0.4, -0.2) is 22.3 Å². The van der Waals surface area contributed by atoms with E-state index in [1.54, 1.807) is 18.1 Å². The van der Waals surface area contributed by atoms with Gasteiger partial charge in [0.05, 0.1) is 5.52 Å². The van der Waals surface area contributed by atoms with Crippen molar-refractivity contribution in [3.05, 3.63) is 60.4 Å². The number of hydrogen-bond donors (Lipinski definition) is 1. The zero-order valence-electron chi connectivity index (χ0n) is 11.9. The highest BCUT2D eigenvalue weighted by molar-refractivity contribution is 7.99. The third-order valence-electron chi connectivity index (χ3n) is 3.31. The number of thioether (sulfide) groups is 1. The summed E-state index contributed by atoms with van der Waals surface area (Å²) in [6, 6.07) is 16.5. The van der Waals surface area contributed by atoms with Gasteiger partial charge >= 0.3 is 0 Å². The smallest absolute Gasteiger partial charge is 0.117 e. The van der Waals surface area contributed by atoms with Gasteiger partial charge in [-0.25, -0.2) is 9.97 Å². The summed E-state index contributed by atoms with van der Waals surface area (Å²) >= 11 is 1.76. The highest BCUT2D eigenvalue weighted by Crippen LogP contribution is 2.24. The van der Waals surface area contributed by atoms with Crippen LogP contribution >= 0.6 is 11.8 Å². The lowest BCUT2D eigenvalue weighted by molar-refractivity contribution is 1.10. The minimum Gasteiger partial charge on any atom is -0.384 e. The maximum absolute atomic E-state index is 4.39. The van der Waals surface area contributed by atoms with Gasteiger partial charge in [0.2, 0.25) is 0 Å². The summed E-state index contributed by atoms with van der Waals surface area (Å²) in [4.78, 5) is 8.68. The number of fused-ring (bicyclic) bond motifs is 1. The topological polar surface area (TPSA) is 37.8 Å². The molecule has 0 unspecified atom stereocenters. The van der Waals surface area contributed by atoms with Crippen LogP contribution in [0.15, 0.2) is 59.9 Å². The van der Waals surface area contributed by atoms with Gasteiger partial charge in [0.1, 0.15) is 11.4 Å². The second kappa shape index (κ2) is 6.59. The molecule has 0 bridgehead atoms. The molecular weight excluding hydrogens is 278 g/mol. The molecule has 1 aromatic heterocycles. The molecule has 4 heteroatoms. The third kappa shape index (κ3) is 3.34. The Hall–Kier alpha value is -2.07. The zero-order chi connectivity index (χ0) is 14.5. The van der Waals surface area contributed by atoms with Crippen LogP contribution < -0.4 is 5.32 Å². The molecule has 3 nitrogen and oxygen atoms in total. The molecule has 0 spiro atoms. The van der Waals surface area contributed by atoms with Crippen molar-refractivity contribution in [3.8, 4) is 0 Å². The Labute approximate surface area is 128 Å². The maximum Gasteiger partial charge on any atom is 0.117 e. The number of hydrogen-bond acceptors (Lipinski definition) is 4. The van der Waals surface area contributed by atoms with Gasteiger partial charge in [0.25, 0.3) is 0 Å². The lowest BCUT2D eigenvalue weighted by Gasteiger charge is -2.09. The lowest BCUT2D eigenvalue weighted by Crippen LogP contribution is -2.05. The van der Waals surface area contributed by atoms with Gasteiger partial charge < -0.3 is 5.32 Å². The summed E-state index contributed by atoms with van der Waals surface area (Å²) in [6.07, 6.45) is 1.64. The summed E-state index contributed by atoms with van der Waals surface area (Å²) in [5.41, 5.74) is 3.47. The minimum absolute atomic E-state index is 0.911. The van der Waals surface area contributed by atoms with Crippen molar-refractivity contribution >= 4 is 28.4 Å². The van der Waals surface area contributed by atoms with E-state index in [2.05, 4.69) is 52.5 Å². The number of nitrogens with zero attached hydrogens (tertiary/aromatic N) is 2. The molecule has 0 aliphatic heterocycles. The molecule has 2 aromatic carbocycles. The Morgan fingerprint density at radius 2 is 1.81 bits per heavy atom. The SMILES string of the molecule is Cc1ccccc1NCCSc1ncnc2ccccc12. The van der Waals surface area contributed by atoms with Crippen molar-refractivity contribution in [2.75, 3.05) is 17.6 Å². The van der Waals surface area contributed by atoms with E-state index < -0.39 is 0 Å². The quantitative estimate of drug-likeness (QED) is 0.436. The molecule has 1 heterocycles. The van der Waals surface area contributed by atoms with Crippen LogP contribution in [0, 0.1) is 6.92 Å². The summed E-state index contributed by atoms with van der Waals surface area (Å²) in [6.45, 7) is 3.03. The monoisotopic (exact) mass is 295 g/mol. The Morgan fingerprint density at radius 1 is 1.00 bits per heavy atom. The Morgan fingerprint density at radius 3 is 2.71 bits per heavy atom. The van der Waals surface area contributed by atoms with E-state index in [1.165, 1.54) is 11.3 Å². The van der Waals surface area contributed by atoms with Crippen LogP contribution in [-0.2, 0) is 0 Å². The van der Waals surface area contributed by atoms with E-state index in [0.717, 1.165) is 28.2 Å². The Kier molecular flexibility index (Phi) is 4.36. The molecule has 0 saturated heterocycles. The number of nitrogens with one attached hydrogen (secondary N) is 1.